The molecule has 0 saturated heterocycles. The van der Waals surface area contributed by atoms with Gasteiger partial charge in [0.05, 0.1) is 13.2 Å². The molecule has 5 heteroatoms. The molecule has 0 aliphatic carbocycles. The van der Waals surface area contributed by atoms with Gasteiger partial charge in [-0.2, -0.15) is 0 Å². The highest BCUT2D eigenvalue weighted by Crippen LogP contribution is 2.32. The van der Waals surface area contributed by atoms with Gasteiger partial charge in [0, 0.05) is 34.3 Å². The second-order valence-corrected chi connectivity index (χ2v) is 6.30. The SMILES string of the molecule is COCc1cc(Br)ccc1Oc1ccc(Br)cc1COC. The van der Waals surface area contributed by atoms with E-state index in [1.807, 2.05) is 36.4 Å². The summed E-state index contributed by atoms with van der Waals surface area (Å²) in [6, 6.07) is 11.7. The highest BCUT2D eigenvalue weighted by atomic mass is 79.9. The van der Waals surface area contributed by atoms with E-state index >= 15 is 0 Å². The summed E-state index contributed by atoms with van der Waals surface area (Å²) >= 11 is 6.93. The minimum absolute atomic E-state index is 0.491. The predicted molar refractivity (Wildman–Crippen MR) is 89.8 cm³/mol. The smallest absolute Gasteiger partial charge is 0.133 e. The van der Waals surface area contributed by atoms with Gasteiger partial charge >= 0.3 is 0 Å². The number of methoxy groups -OCH3 is 2. The Morgan fingerprint density at radius 3 is 1.57 bits per heavy atom. The zero-order chi connectivity index (χ0) is 15.2. The lowest BCUT2D eigenvalue weighted by Crippen LogP contribution is -1.97. The van der Waals surface area contributed by atoms with Gasteiger partial charge in [-0.3, -0.25) is 0 Å². The third-order valence-corrected chi connectivity index (χ3v) is 3.85. The van der Waals surface area contributed by atoms with Crippen LogP contribution >= 0.6 is 31.9 Å². The van der Waals surface area contributed by atoms with Gasteiger partial charge in [-0.15, -0.1) is 0 Å². The topological polar surface area (TPSA) is 27.7 Å². The van der Waals surface area contributed by atoms with Crippen molar-refractivity contribution in [3.05, 3.63) is 56.5 Å². The molecule has 21 heavy (non-hydrogen) atoms. The van der Waals surface area contributed by atoms with Crippen molar-refractivity contribution in [1.82, 2.24) is 0 Å². The number of halogens is 2. The van der Waals surface area contributed by atoms with E-state index < -0.39 is 0 Å². The van der Waals surface area contributed by atoms with Crippen molar-refractivity contribution in [2.45, 2.75) is 13.2 Å². The number of benzene rings is 2. The summed E-state index contributed by atoms with van der Waals surface area (Å²) < 4.78 is 18.5. The maximum atomic E-state index is 6.05. The predicted octanol–water partition coefficient (Wildman–Crippen LogP) is 5.30. The Morgan fingerprint density at radius 2 is 1.19 bits per heavy atom. The van der Waals surface area contributed by atoms with Gasteiger partial charge in [-0.25, -0.2) is 0 Å². The van der Waals surface area contributed by atoms with Crippen LogP contribution in [0.3, 0.4) is 0 Å². The fraction of sp³-hybridized carbons (Fsp3) is 0.250. The fourth-order valence-corrected chi connectivity index (χ4v) is 2.77. The van der Waals surface area contributed by atoms with Crippen LogP contribution in [-0.2, 0) is 22.7 Å². The Bertz CT molecular complexity index is 561. The van der Waals surface area contributed by atoms with Gasteiger partial charge in [0.1, 0.15) is 11.5 Å². The van der Waals surface area contributed by atoms with Crippen molar-refractivity contribution >= 4 is 31.9 Å². The number of ether oxygens (including phenoxy) is 3. The van der Waals surface area contributed by atoms with Crippen molar-refractivity contribution in [2.24, 2.45) is 0 Å². The molecule has 0 saturated carbocycles. The minimum atomic E-state index is 0.491. The molecule has 112 valence electrons. The van der Waals surface area contributed by atoms with Crippen LogP contribution in [0.5, 0.6) is 11.5 Å². The van der Waals surface area contributed by atoms with Crippen LogP contribution in [0.4, 0.5) is 0 Å². The molecule has 0 unspecified atom stereocenters. The molecule has 0 heterocycles. The van der Waals surface area contributed by atoms with Crippen LogP contribution < -0.4 is 4.74 Å². The molecule has 0 bridgehead atoms. The molecule has 3 nitrogen and oxygen atoms in total. The summed E-state index contributed by atoms with van der Waals surface area (Å²) in [6.45, 7) is 0.982. The van der Waals surface area contributed by atoms with E-state index in [-0.39, 0.29) is 0 Å². The van der Waals surface area contributed by atoms with Crippen molar-refractivity contribution < 1.29 is 14.2 Å². The lowest BCUT2D eigenvalue weighted by molar-refractivity contribution is 0.179. The van der Waals surface area contributed by atoms with Crippen molar-refractivity contribution in [1.29, 1.82) is 0 Å². The van der Waals surface area contributed by atoms with Crippen molar-refractivity contribution in [3.8, 4) is 11.5 Å². The number of rotatable bonds is 6. The molecule has 0 spiro atoms. The zero-order valence-corrected chi connectivity index (χ0v) is 15.0. The lowest BCUT2D eigenvalue weighted by Gasteiger charge is -2.14. The van der Waals surface area contributed by atoms with E-state index in [1.165, 1.54) is 0 Å². The maximum absolute atomic E-state index is 6.05. The normalized spacial score (nSPS) is 10.7. The van der Waals surface area contributed by atoms with E-state index in [1.54, 1.807) is 14.2 Å². The summed E-state index contributed by atoms with van der Waals surface area (Å²) in [6.07, 6.45) is 0. The molecule has 2 rings (SSSR count). The first-order valence-electron chi connectivity index (χ1n) is 6.36. The summed E-state index contributed by atoms with van der Waals surface area (Å²) in [4.78, 5) is 0. The number of hydrogen-bond acceptors (Lipinski definition) is 3. The largest absolute Gasteiger partial charge is 0.457 e. The lowest BCUT2D eigenvalue weighted by atomic mass is 10.2. The molecule has 0 atom stereocenters. The third-order valence-electron chi connectivity index (χ3n) is 2.86. The van der Waals surface area contributed by atoms with Crippen LogP contribution in [0.2, 0.25) is 0 Å². The van der Waals surface area contributed by atoms with Crippen LogP contribution in [0, 0.1) is 0 Å². The molecule has 2 aromatic carbocycles. The molecule has 2 aromatic rings. The second kappa shape index (κ2) is 7.94. The Hall–Kier alpha value is -0.880. The third kappa shape index (κ3) is 4.54. The molecule has 0 aliphatic rings. The first-order chi connectivity index (χ1) is 10.1. The van der Waals surface area contributed by atoms with Gasteiger partial charge in [-0.1, -0.05) is 31.9 Å². The Labute approximate surface area is 141 Å². The average Bonchev–Trinajstić information content (AvgIpc) is 2.45. The Morgan fingerprint density at radius 1 is 0.762 bits per heavy atom. The number of hydrogen-bond donors (Lipinski definition) is 0. The summed E-state index contributed by atoms with van der Waals surface area (Å²) in [5.74, 6) is 1.56. The molecule has 0 amide bonds. The maximum Gasteiger partial charge on any atom is 0.133 e. The molecular formula is C16H16Br2O3. The minimum Gasteiger partial charge on any atom is -0.457 e. The molecule has 0 fully saturated rings. The standard InChI is InChI=1S/C16H16Br2O3/c1-19-9-11-7-13(17)3-5-15(11)21-16-6-4-14(18)8-12(16)10-20-2/h3-8H,9-10H2,1-2H3. The fourth-order valence-electron chi connectivity index (χ4n) is 1.95. The van der Waals surface area contributed by atoms with E-state index in [4.69, 9.17) is 14.2 Å². The Balaban J connectivity index is 2.33. The van der Waals surface area contributed by atoms with Crippen molar-refractivity contribution in [2.75, 3.05) is 14.2 Å². The van der Waals surface area contributed by atoms with Crippen LogP contribution in [-0.4, -0.2) is 14.2 Å². The summed E-state index contributed by atoms with van der Waals surface area (Å²) in [5.41, 5.74) is 1.97. The van der Waals surface area contributed by atoms with Crippen LogP contribution in [0.25, 0.3) is 0 Å². The van der Waals surface area contributed by atoms with E-state index in [0.717, 1.165) is 31.6 Å². The van der Waals surface area contributed by atoms with Gasteiger partial charge in [0.25, 0.3) is 0 Å². The molecule has 0 N–H and O–H groups in total. The van der Waals surface area contributed by atoms with E-state index in [9.17, 15) is 0 Å². The second-order valence-electron chi connectivity index (χ2n) is 4.47. The van der Waals surface area contributed by atoms with Crippen molar-refractivity contribution in [3.63, 3.8) is 0 Å². The van der Waals surface area contributed by atoms with Crippen LogP contribution in [0.15, 0.2) is 45.3 Å². The highest BCUT2D eigenvalue weighted by Gasteiger charge is 2.10. The van der Waals surface area contributed by atoms with E-state index in [0.29, 0.717) is 13.2 Å². The monoisotopic (exact) mass is 414 g/mol. The first kappa shape index (κ1) is 16.5. The molecule has 0 aromatic heterocycles. The van der Waals surface area contributed by atoms with Gasteiger partial charge < -0.3 is 14.2 Å². The first-order valence-corrected chi connectivity index (χ1v) is 7.95. The zero-order valence-electron chi connectivity index (χ0n) is 11.9. The van der Waals surface area contributed by atoms with Crippen LogP contribution in [0.1, 0.15) is 11.1 Å². The van der Waals surface area contributed by atoms with Gasteiger partial charge in [0.2, 0.25) is 0 Å². The highest BCUT2D eigenvalue weighted by molar-refractivity contribution is 9.10. The van der Waals surface area contributed by atoms with Gasteiger partial charge in [-0.05, 0) is 36.4 Å². The molecule has 0 radical (unpaired) electrons. The molecular weight excluding hydrogens is 400 g/mol. The average molecular weight is 416 g/mol. The van der Waals surface area contributed by atoms with Gasteiger partial charge in [0.15, 0.2) is 0 Å². The molecule has 0 aliphatic heterocycles. The Kier molecular flexibility index (Phi) is 6.23. The van der Waals surface area contributed by atoms with E-state index in [2.05, 4.69) is 31.9 Å². The quantitative estimate of drug-likeness (QED) is 0.640. The summed E-state index contributed by atoms with van der Waals surface area (Å²) in [5, 5.41) is 0. The summed E-state index contributed by atoms with van der Waals surface area (Å²) in [7, 11) is 3.33.